The number of rotatable bonds is 5. The number of carbonyl (C=O) groups excluding carboxylic acids is 2. The van der Waals surface area contributed by atoms with Crippen molar-refractivity contribution in [2.75, 3.05) is 7.11 Å². The van der Waals surface area contributed by atoms with Gasteiger partial charge >= 0.3 is 11.4 Å². The fraction of sp³-hybridized carbons (Fsp3) is 0.0667. The van der Waals surface area contributed by atoms with Crippen LogP contribution in [-0.4, -0.2) is 34.6 Å². The van der Waals surface area contributed by atoms with Gasteiger partial charge in [-0.1, -0.05) is 12.1 Å². The Hall–Kier alpha value is -3.82. The van der Waals surface area contributed by atoms with Gasteiger partial charge in [0.15, 0.2) is 12.6 Å². The first-order valence-electron chi connectivity index (χ1n) is 6.55. The SMILES string of the molecule is COc1c(C=O)cccc1[N+](=O)[O-].O=Cc1cccc([N+](=O)[O-])c1O. The lowest BCUT2D eigenvalue weighted by molar-refractivity contribution is -0.386. The highest BCUT2D eigenvalue weighted by molar-refractivity contribution is 5.82. The highest BCUT2D eigenvalue weighted by atomic mass is 16.6. The highest BCUT2D eigenvalue weighted by Gasteiger charge is 2.17. The Kier molecular flexibility index (Phi) is 6.71. The van der Waals surface area contributed by atoms with Crippen LogP contribution in [0.5, 0.6) is 11.5 Å². The van der Waals surface area contributed by atoms with Gasteiger partial charge in [0.05, 0.1) is 28.1 Å². The van der Waals surface area contributed by atoms with Gasteiger partial charge in [-0.25, -0.2) is 0 Å². The van der Waals surface area contributed by atoms with Crippen LogP contribution < -0.4 is 4.74 Å². The molecule has 2 rings (SSSR count). The van der Waals surface area contributed by atoms with Gasteiger partial charge in [0.25, 0.3) is 0 Å². The van der Waals surface area contributed by atoms with Gasteiger partial charge in [0.2, 0.25) is 11.5 Å². The monoisotopic (exact) mass is 348 g/mol. The molecule has 0 saturated carbocycles. The molecule has 1 N–H and O–H groups in total. The third-order valence-electron chi connectivity index (χ3n) is 2.92. The Labute approximate surface area is 140 Å². The van der Waals surface area contributed by atoms with E-state index in [1.54, 1.807) is 0 Å². The minimum atomic E-state index is -0.748. The molecule has 0 spiro atoms. The molecule has 0 bridgehead atoms. The number of nitro groups is 2. The number of hydrogen-bond donors (Lipinski definition) is 1. The minimum absolute atomic E-state index is 0.00231. The summed E-state index contributed by atoms with van der Waals surface area (Å²) in [5.41, 5.74) is -0.562. The number of aromatic hydroxyl groups is 1. The molecule has 0 saturated heterocycles. The topological polar surface area (TPSA) is 150 Å². The molecule has 25 heavy (non-hydrogen) atoms. The summed E-state index contributed by atoms with van der Waals surface area (Å²) in [4.78, 5) is 40.0. The molecule has 2 aromatic rings. The van der Waals surface area contributed by atoms with Crippen molar-refractivity contribution in [3.05, 3.63) is 67.8 Å². The number of methoxy groups -OCH3 is 1. The van der Waals surface area contributed by atoms with E-state index in [1.807, 2.05) is 0 Å². The Morgan fingerprint density at radius 3 is 1.84 bits per heavy atom. The molecule has 2 aromatic carbocycles. The molecule has 0 atom stereocenters. The third-order valence-corrected chi connectivity index (χ3v) is 2.92. The van der Waals surface area contributed by atoms with E-state index in [4.69, 9.17) is 9.84 Å². The fourth-order valence-corrected chi connectivity index (χ4v) is 1.79. The quantitative estimate of drug-likeness (QED) is 0.492. The van der Waals surface area contributed by atoms with E-state index in [-0.39, 0.29) is 22.6 Å². The molecule has 130 valence electrons. The molecular weight excluding hydrogens is 336 g/mol. The molecule has 10 heteroatoms. The zero-order chi connectivity index (χ0) is 19.0. The lowest BCUT2D eigenvalue weighted by Crippen LogP contribution is -1.96. The maximum atomic E-state index is 10.5. The van der Waals surface area contributed by atoms with Crippen molar-refractivity contribution >= 4 is 23.9 Å². The fourth-order valence-electron chi connectivity index (χ4n) is 1.79. The van der Waals surface area contributed by atoms with Crippen molar-refractivity contribution in [1.29, 1.82) is 0 Å². The summed E-state index contributed by atoms with van der Waals surface area (Å²) in [5, 5.41) is 29.8. The molecule has 0 radical (unpaired) electrons. The van der Waals surface area contributed by atoms with Crippen molar-refractivity contribution in [3.63, 3.8) is 0 Å². The Balaban J connectivity index is 0.000000251. The van der Waals surface area contributed by atoms with E-state index < -0.39 is 21.3 Å². The van der Waals surface area contributed by atoms with Gasteiger partial charge in [0, 0.05) is 12.1 Å². The van der Waals surface area contributed by atoms with Crippen LogP contribution in [0.4, 0.5) is 11.4 Å². The van der Waals surface area contributed by atoms with Crippen LogP contribution in [0, 0.1) is 20.2 Å². The molecule has 0 aliphatic carbocycles. The average Bonchev–Trinajstić information content (AvgIpc) is 2.61. The Bertz CT molecular complexity index is 819. The van der Waals surface area contributed by atoms with Crippen LogP contribution >= 0.6 is 0 Å². The number of carbonyl (C=O) groups is 2. The number of nitrogens with zero attached hydrogens (tertiary/aromatic N) is 2. The van der Waals surface area contributed by atoms with Crippen LogP contribution in [0.1, 0.15) is 20.7 Å². The van der Waals surface area contributed by atoms with Gasteiger partial charge in [-0.3, -0.25) is 29.8 Å². The van der Waals surface area contributed by atoms with Gasteiger partial charge in [-0.2, -0.15) is 0 Å². The van der Waals surface area contributed by atoms with Crippen LogP contribution in [0.15, 0.2) is 36.4 Å². The van der Waals surface area contributed by atoms with E-state index in [2.05, 4.69) is 0 Å². The normalized spacial score (nSPS) is 9.32. The first-order chi connectivity index (χ1) is 11.9. The maximum Gasteiger partial charge on any atom is 0.311 e. The number of benzene rings is 2. The van der Waals surface area contributed by atoms with Crippen LogP contribution in [0.3, 0.4) is 0 Å². The second-order valence-electron chi connectivity index (χ2n) is 4.36. The highest BCUT2D eigenvalue weighted by Crippen LogP contribution is 2.29. The van der Waals surface area contributed by atoms with E-state index in [9.17, 15) is 29.8 Å². The third kappa shape index (κ3) is 4.58. The number of para-hydroxylation sites is 2. The number of hydrogen-bond acceptors (Lipinski definition) is 8. The summed E-state index contributed by atoms with van der Waals surface area (Å²) >= 11 is 0. The van der Waals surface area contributed by atoms with E-state index in [1.165, 1.54) is 37.4 Å². The first kappa shape index (κ1) is 19.2. The van der Waals surface area contributed by atoms with Crippen molar-refractivity contribution in [2.24, 2.45) is 0 Å². The van der Waals surface area contributed by atoms with E-state index in [0.29, 0.717) is 12.6 Å². The molecule has 0 aromatic heterocycles. The maximum absolute atomic E-state index is 10.5. The van der Waals surface area contributed by atoms with Gasteiger partial charge in [-0.05, 0) is 12.1 Å². The summed E-state index contributed by atoms with van der Waals surface area (Å²) in [7, 11) is 1.29. The number of aldehydes is 2. The second-order valence-corrected chi connectivity index (χ2v) is 4.36. The minimum Gasteiger partial charge on any atom is -0.502 e. The second kappa shape index (κ2) is 8.72. The molecular formula is C15H12N2O8. The summed E-state index contributed by atoms with van der Waals surface area (Å²) in [6.45, 7) is 0. The Morgan fingerprint density at radius 1 is 0.920 bits per heavy atom. The number of ether oxygens (including phenoxy) is 1. The van der Waals surface area contributed by atoms with Gasteiger partial charge in [0.1, 0.15) is 0 Å². The predicted octanol–water partition coefficient (Wildman–Crippen LogP) is 2.53. The zero-order valence-corrected chi connectivity index (χ0v) is 12.8. The van der Waals surface area contributed by atoms with E-state index >= 15 is 0 Å². The lowest BCUT2D eigenvalue weighted by atomic mass is 10.2. The summed E-state index contributed by atoms with van der Waals surface area (Å²) in [6.07, 6.45) is 0.883. The van der Waals surface area contributed by atoms with E-state index in [0.717, 1.165) is 6.07 Å². The molecule has 0 aliphatic rings. The summed E-state index contributed by atoms with van der Waals surface area (Å²) in [6, 6.07) is 7.94. The molecule has 0 fully saturated rings. The van der Waals surface area contributed by atoms with Crippen molar-refractivity contribution in [3.8, 4) is 11.5 Å². The lowest BCUT2D eigenvalue weighted by Gasteiger charge is -2.02. The van der Waals surface area contributed by atoms with Gasteiger partial charge in [-0.15, -0.1) is 0 Å². The smallest absolute Gasteiger partial charge is 0.311 e. The number of nitro benzene ring substituents is 2. The van der Waals surface area contributed by atoms with Crippen LogP contribution in [0.25, 0.3) is 0 Å². The van der Waals surface area contributed by atoms with Crippen molar-refractivity contribution < 1.29 is 29.3 Å². The summed E-state index contributed by atoms with van der Waals surface area (Å²) < 4.78 is 4.76. The van der Waals surface area contributed by atoms with Gasteiger partial charge < -0.3 is 9.84 Å². The number of phenols is 1. The molecule has 10 nitrogen and oxygen atoms in total. The largest absolute Gasteiger partial charge is 0.502 e. The van der Waals surface area contributed by atoms with Crippen molar-refractivity contribution in [1.82, 2.24) is 0 Å². The standard InChI is InChI=1S/C8H7NO4.C7H5NO4/c1-13-8-6(5-10)3-2-4-7(8)9(11)12;9-4-5-2-1-3-6(7(5)10)8(11)12/h2-5H,1H3;1-4,10H. The van der Waals surface area contributed by atoms with Crippen molar-refractivity contribution in [2.45, 2.75) is 0 Å². The number of phenolic OH excluding ortho intramolecular Hbond substituents is 1. The first-order valence-corrected chi connectivity index (χ1v) is 6.55. The molecule has 0 aliphatic heterocycles. The zero-order valence-electron chi connectivity index (χ0n) is 12.8. The van der Waals surface area contributed by atoms with Crippen LogP contribution in [-0.2, 0) is 0 Å². The average molecular weight is 348 g/mol. The van der Waals surface area contributed by atoms with Crippen LogP contribution in [0.2, 0.25) is 0 Å². The molecule has 0 heterocycles. The molecule has 0 unspecified atom stereocenters. The molecule has 0 amide bonds. The summed E-state index contributed by atoms with van der Waals surface area (Å²) in [5.74, 6) is -0.583. The Morgan fingerprint density at radius 2 is 1.40 bits per heavy atom. The predicted molar refractivity (Wildman–Crippen MR) is 85.2 cm³/mol.